The van der Waals surface area contributed by atoms with Crippen molar-refractivity contribution >= 4 is 5.91 Å². The van der Waals surface area contributed by atoms with Crippen LogP contribution in [0.25, 0.3) is 0 Å². The fourth-order valence-electron chi connectivity index (χ4n) is 2.57. The lowest BCUT2D eigenvalue weighted by Crippen LogP contribution is -2.45. The lowest BCUT2D eigenvalue weighted by molar-refractivity contribution is -0.132. The minimum absolute atomic E-state index is 0.0255. The van der Waals surface area contributed by atoms with E-state index in [2.05, 4.69) is 0 Å². The van der Waals surface area contributed by atoms with Gasteiger partial charge in [-0.2, -0.15) is 0 Å². The number of carbonyl (C=O) groups excluding carboxylic acids is 1. The van der Waals surface area contributed by atoms with Crippen molar-refractivity contribution < 1.29 is 14.3 Å². The van der Waals surface area contributed by atoms with E-state index in [0.717, 1.165) is 19.5 Å². The number of hydrogen-bond acceptors (Lipinski definition) is 4. The van der Waals surface area contributed by atoms with E-state index in [1.54, 1.807) is 7.11 Å². The van der Waals surface area contributed by atoms with Gasteiger partial charge in [0.05, 0.1) is 19.8 Å². The van der Waals surface area contributed by atoms with Crippen LogP contribution in [0.5, 0.6) is 0 Å². The number of likely N-dealkylation sites (tertiary alicyclic amines) is 1. The quantitative estimate of drug-likeness (QED) is 0.815. The molecule has 0 bridgehead atoms. The van der Waals surface area contributed by atoms with Crippen molar-refractivity contribution in [2.24, 2.45) is 11.7 Å². The standard InChI is InChI=1S/C16H24N2O3/c1-20-12-15(17)16(19)18-8-7-14(9-18)11-21-10-13-5-3-2-4-6-13/h2-6,14-15H,7-12,17H2,1H3. The number of nitrogens with zero attached hydrogens (tertiary/aromatic N) is 1. The number of carbonyl (C=O) groups is 1. The topological polar surface area (TPSA) is 64.8 Å². The zero-order valence-corrected chi connectivity index (χ0v) is 12.5. The van der Waals surface area contributed by atoms with Gasteiger partial charge in [-0.1, -0.05) is 30.3 Å². The van der Waals surface area contributed by atoms with Gasteiger partial charge >= 0.3 is 0 Å². The highest BCUT2D eigenvalue weighted by molar-refractivity contribution is 5.82. The molecule has 2 unspecified atom stereocenters. The van der Waals surface area contributed by atoms with Gasteiger partial charge in [-0.05, 0) is 12.0 Å². The van der Waals surface area contributed by atoms with Crippen LogP contribution < -0.4 is 5.73 Å². The predicted octanol–water partition coefficient (Wildman–Crippen LogP) is 1.03. The summed E-state index contributed by atoms with van der Waals surface area (Å²) < 4.78 is 10.7. The molecule has 1 fully saturated rings. The molecule has 0 aliphatic carbocycles. The summed E-state index contributed by atoms with van der Waals surface area (Å²) in [6.07, 6.45) is 0.972. The van der Waals surface area contributed by atoms with Gasteiger partial charge < -0.3 is 20.1 Å². The van der Waals surface area contributed by atoms with Gasteiger partial charge in [0.2, 0.25) is 5.91 Å². The normalized spacial score (nSPS) is 19.7. The average molecular weight is 292 g/mol. The molecule has 2 N–H and O–H groups in total. The van der Waals surface area contributed by atoms with Gasteiger partial charge in [-0.3, -0.25) is 4.79 Å². The second kappa shape index (κ2) is 8.12. The first kappa shape index (κ1) is 15.9. The van der Waals surface area contributed by atoms with Gasteiger partial charge in [0.15, 0.2) is 0 Å². The van der Waals surface area contributed by atoms with E-state index in [4.69, 9.17) is 15.2 Å². The molecule has 0 radical (unpaired) electrons. The molecule has 0 aromatic heterocycles. The molecule has 2 rings (SSSR count). The largest absolute Gasteiger partial charge is 0.383 e. The summed E-state index contributed by atoms with van der Waals surface area (Å²) in [5, 5.41) is 0. The zero-order chi connectivity index (χ0) is 15.1. The van der Waals surface area contributed by atoms with Crippen LogP contribution >= 0.6 is 0 Å². The minimum Gasteiger partial charge on any atom is -0.383 e. The molecule has 1 aliphatic heterocycles. The third-order valence-corrected chi connectivity index (χ3v) is 3.73. The predicted molar refractivity (Wildman–Crippen MR) is 80.6 cm³/mol. The van der Waals surface area contributed by atoms with E-state index in [1.165, 1.54) is 5.56 Å². The lowest BCUT2D eigenvalue weighted by Gasteiger charge is -2.20. The van der Waals surface area contributed by atoms with Crippen molar-refractivity contribution in [2.75, 3.05) is 33.4 Å². The number of benzene rings is 1. The first-order valence-corrected chi connectivity index (χ1v) is 7.35. The molecule has 1 aromatic carbocycles. The summed E-state index contributed by atoms with van der Waals surface area (Å²) in [5.74, 6) is 0.370. The Morgan fingerprint density at radius 3 is 2.90 bits per heavy atom. The Kier molecular flexibility index (Phi) is 6.17. The Hall–Kier alpha value is -1.43. The zero-order valence-electron chi connectivity index (χ0n) is 12.5. The van der Waals surface area contributed by atoms with E-state index in [0.29, 0.717) is 19.1 Å². The number of methoxy groups -OCH3 is 1. The molecular weight excluding hydrogens is 268 g/mol. The van der Waals surface area contributed by atoms with E-state index < -0.39 is 6.04 Å². The van der Waals surface area contributed by atoms with Gasteiger partial charge in [0, 0.05) is 26.1 Å². The fraction of sp³-hybridized carbons (Fsp3) is 0.562. The van der Waals surface area contributed by atoms with E-state index in [9.17, 15) is 4.79 Å². The first-order chi connectivity index (χ1) is 10.2. The molecule has 1 heterocycles. The summed E-state index contributed by atoms with van der Waals surface area (Å²) in [4.78, 5) is 13.9. The fourth-order valence-corrected chi connectivity index (χ4v) is 2.57. The maximum atomic E-state index is 12.1. The summed E-state index contributed by atoms with van der Waals surface area (Å²) in [5.41, 5.74) is 6.95. The van der Waals surface area contributed by atoms with Crippen molar-refractivity contribution in [2.45, 2.75) is 19.1 Å². The van der Waals surface area contributed by atoms with Crippen molar-refractivity contribution in [3.63, 3.8) is 0 Å². The Balaban J connectivity index is 1.69. The minimum atomic E-state index is -0.556. The molecule has 0 saturated carbocycles. The maximum absolute atomic E-state index is 12.1. The molecule has 116 valence electrons. The van der Waals surface area contributed by atoms with Crippen LogP contribution in [0.1, 0.15) is 12.0 Å². The Labute approximate surface area is 126 Å². The third-order valence-electron chi connectivity index (χ3n) is 3.73. The number of ether oxygens (including phenoxy) is 2. The van der Waals surface area contributed by atoms with Crippen LogP contribution in [0.4, 0.5) is 0 Å². The van der Waals surface area contributed by atoms with Crippen LogP contribution in [-0.4, -0.2) is 50.3 Å². The van der Waals surface area contributed by atoms with Crippen LogP contribution in [-0.2, 0) is 20.9 Å². The molecule has 5 nitrogen and oxygen atoms in total. The highest BCUT2D eigenvalue weighted by Gasteiger charge is 2.29. The maximum Gasteiger partial charge on any atom is 0.241 e. The number of rotatable bonds is 7. The Morgan fingerprint density at radius 2 is 2.19 bits per heavy atom. The second-order valence-electron chi connectivity index (χ2n) is 5.50. The highest BCUT2D eigenvalue weighted by Crippen LogP contribution is 2.18. The molecule has 1 aromatic rings. The summed E-state index contributed by atoms with van der Waals surface area (Å²) >= 11 is 0. The molecule has 2 atom stereocenters. The molecule has 1 saturated heterocycles. The van der Waals surface area contributed by atoms with Crippen molar-refractivity contribution in [1.29, 1.82) is 0 Å². The Bertz CT molecular complexity index is 438. The number of hydrogen-bond donors (Lipinski definition) is 1. The number of amides is 1. The highest BCUT2D eigenvalue weighted by atomic mass is 16.5. The van der Waals surface area contributed by atoms with Crippen molar-refractivity contribution in [3.05, 3.63) is 35.9 Å². The van der Waals surface area contributed by atoms with E-state index >= 15 is 0 Å². The molecular formula is C16H24N2O3. The number of nitrogens with two attached hydrogens (primary N) is 1. The monoisotopic (exact) mass is 292 g/mol. The van der Waals surface area contributed by atoms with Crippen LogP contribution in [0.3, 0.4) is 0 Å². The van der Waals surface area contributed by atoms with Gasteiger partial charge in [-0.25, -0.2) is 0 Å². The average Bonchev–Trinajstić information content (AvgIpc) is 2.96. The van der Waals surface area contributed by atoms with Gasteiger partial charge in [0.25, 0.3) is 0 Å². The molecule has 1 amide bonds. The SMILES string of the molecule is COCC(N)C(=O)N1CCC(COCc2ccccc2)C1. The molecule has 21 heavy (non-hydrogen) atoms. The second-order valence-corrected chi connectivity index (χ2v) is 5.50. The van der Waals surface area contributed by atoms with Crippen LogP contribution in [0, 0.1) is 5.92 Å². The van der Waals surface area contributed by atoms with Gasteiger partial charge in [-0.15, -0.1) is 0 Å². The molecule has 0 spiro atoms. The molecule has 5 heteroatoms. The first-order valence-electron chi connectivity index (χ1n) is 7.35. The van der Waals surface area contributed by atoms with Crippen molar-refractivity contribution in [3.8, 4) is 0 Å². The van der Waals surface area contributed by atoms with Crippen molar-refractivity contribution in [1.82, 2.24) is 4.90 Å². The van der Waals surface area contributed by atoms with Crippen LogP contribution in [0.2, 0.25) is 0 Å². The molecule has 1 aliphatic rings. The van der Waals surface area contributed by atoms with Gasteiger partial charge in [0.1, 0.15) is 6.04 Å². The van der Waals surface area contributed by atoms with E-state index in [-0.39, 0.29) is 12.5 Å². The Morgan fingerprint density at radius 1 is 1.43 bits per heavy atom. The smallest absolute Gasteiger partial charge is 0.241 e. The summed E-state index contributed by atoms with van der Waals surface area (Å²) in [6.45, 7) is 3.05. The summed E-state index contributed by atoms with van der Waals surface area (Å²) in [7, 11) is 1.55. The third kappa shape index (κ3) is 4.81. The van der Waals surface area contributed by atoms with E-state index in [1.807, 2.05) is 35.2 Å². The lowest BCUT2D eigenvalue weighted by atomic mass is 10.1. The van der Waals surface area contributed by atoms with Crippen LogP contribution in [0.15, 0.2) is 30.3 Å². The summed E-state index contributed by atoms with van der Waals surface area (Å²) in [6, 6.07) is 9.55.